The van der Waals surface area contributed by atoms with Gasteiger partial charge in [-0.05, 0) is 12.7 Å². The van der Waals surface area contributed by atoms with E-state index in [0.29, 0.717) is 13.0 Å². The Hall–Kier alpha value is -0.760. The Labute approximate surface area is 55.5 Å². The first-order chi connectivity index (χ1) is 4.31. The zero-order chi connectivity index (χ0) is 7.11. The van der Waals surface area contributed by atoms with Crippen molar-refractivity contribution < 1.29 is 9.84 Å². The molecule has 0 aromatic heterocycles. The fraction of sp³-hybridized carbons (Fsp3) is 0.429. The summed E-state index contributed by atoms with van der Waals surface area (Å²) in [6.07, 6.45) is 1.76. The number of ether oxygens (including phenoxy) is 1. The van der Waals surface area contributed by atoms with Gasteiger partial charge in [0, 0.05) is 13.0 Å². The normalized spacial score (nSPS) is 8.56. The third kappa shape index (κ3) is 5.11. The average Bonchev–Trinajstić information content (AvgIpc) is 1.89. The molecular formula is C7H10O2. The second-order valence-corrected chi connectivity index (χ2v) is 1.49. The maximum absolute atomic E-state index is 8.28. The van der Waals surface area contributed by atoms with Gasteiger partial charge in [0.05, 0.1) is 6.61 Å². The maximum Gasteiger partial charge on any atom is 0.119 e. The molecule has 0 spiro atoms. The Balaban J connectivity index is 3.07. The van der Waals surface area contributed by atoms with Crippen LogP contribution in [0.3, 0.4) is 0 Å². The molecule has 0 aromatic carbocycles. The Morgan fingerprint density at radius 1 is 1.67 bits per heavy atom. The van der Waals surface area contributed by atoms with Gasteiger partial charge in [0.2, 0.25) is 0 Å². The molecule has 1 N–H and O–H groups in total. The van der Waals surface area contributed by atoms with Crippen LogP contribution < -0.4 is 0 Å². The predicted octanol–water partition coefficient (Wildman–Crippen LogP) is 0.691. The molecule has 0 atom stereocenters. The third-order valence-corrected chi connectivity index (χ3v) is 0.735. The van der Waals surface area contributed by atoms with Crippen molar-refractivity contribution in [3.05, 3.63) is 25.0 Å². The van der Waals surface area contributed by atoms with Gasteiger partial charge < -0.3 is 9.84 Å². The van der Waals surface area contributed by atoms with Crippen LogP contribution in [0.15, 0.2) is 11.8 Å². The van der Waals surface area contributed by atoms with Gasteiger partial charge in [-0.15, -0.1) is 0 Å². The monoisotopic (exact) mass is 126 g/mol. The summed E-state index contributed by atoms with van der Waals surface area (Å²) < 4.78 is 4.79. The molecule has 0 saturated heterocycles. The van der Waals surface area contributed by atoms with Crippen molar-refractivity contribution >= 4 is 0 Å². The Bertz CT molecular complexity index is 97.1. The number of aliphatic hydroxyl groups excluding tert-OH is 1. The van der Waals surface area contributed by atoms with E-state index in [0.717, 1.165) is 0 Å². The van der Waals surface area contributed by atoms with Crippen LogP contribution in [-0.2, 0) is 4.74 Å². The zero-order valence-electron chi connectivity index (χ0n) is 5.21. The highest BCUT2D eigenvalue weighted by Gasteiger charge is 1.86. The van der Waals surface area contributed by atoms with Crippen molar-refractivity contribution in [3.63, 3.8) is 0 Å². The van der Waals surface area contributed by atoms with Crippen LogP contribution in [0.5, 0.6) is 0 Å². The van der Waals surface area contributed by atoms with E-state index >= 15 is 0 Å². The van der Waals surface area contributed by atoms with Gasteiger partial charge >= 0.3 is 0 Å². The van der Waals surface area contributed by atoms with E-state index in [1.165, 1.54) is 6.08 Å². The van der Waals surface area contributed by atoms with Gasteiger partial charge in [-0.3, -0.25) is 0 Å². The van der Waals surface area contributed by atoms with Crippen LogP contribution in [0.4, 0.5) is 0 Å². The largest absolute Gasteiger partial charge is 0.494 e. The third-order valence-electron chi connectivity index (χ3n) is 0.735. The van der Waals surface area contributed by atoms with E-state index < -0.39 is 0 Å². The van der Waals surface area contributed by atoms with E-state index in [4.69, 9.17) is 23.0 Å². The zero-order valence-corrected chi connectivity index (χ0v) is 5.21. The molecule has 0 aromatic rings. The highest BCUT2D eigenvalue weighted by atomic mass is 16.5. The van der Waals surface area contributed by atoms with Crippen LogP contribution in [0, 0.1) is 13.2 Å². The molecule has 9 heavy (non-hydrogen) atoms. The minimum absolute atomic E-state index is 0.109. The van der Waals surface area contributed by atoms with Crippen LogP contribution in [-0.4, -0.2) is 18.3 Å². The van der Waals surface area contributed by atoms with Crippen molar-refractivity contribution in [2.24, 2.45) is 0 Å². The summed E-state index contributed by atoms with van der Waals surface area (Å²) in [6.45, 7) is 10.6. The topological polar surface area (TPSA) is 29.5 Å². The minimum atomic E-state index is 0.109. The number of hydrogen-bond donors (Lipinski definition) is 1. The predicted molar refractivity (Wildman–Crippen MR) is 34.3 cm³/mol. The lowest BCUT2D eigenvalue weighted by atomic mass is 10.5. The SMILES string of the molecule is [CH]=CC(=[CH])OCCCO. The molecule has 0 unspecified atom stereocenters. The molecule has 0 saturated carbocycles. The fourth-order valence-corrected chi connectivity index (χ4v) is 0.303. The standard InChI is InChI=1S/C7H10O2/c1-3-7(2)9-6-4-5-8/h1-3,8H,4-6H2. The lowest BCUT2D eigenvalue weighted by Crippen LogP contribution is -1.94. The molecule has 50 valence electrons. The molecule has 2 nitrogen and oxygen atoms in total. The molecule has 2 radical (unpaired) electrons. The summed E-state index contributed by atoms with van der Waals surface area (Å²) >= 11 is 0. The average molecular weight is 126 g/mol. The molecule has 0 fully saturated rings. The van der Waals surface area contributed by atoms with Gasteiger partial charge in [-0.2, -0.15) is 0 Å². The summed E-state index contributed by atoms with van der Waals surface area (Å²) in [5.74, 6) is 0.198. The number of allylic oxidation sites excluding steroid dienone is 1. The van der Waals surface area contributed by atoms with E-state index in [1.807, 2.05) is 0 Å². The lowest BCUT2D eigenvalue weighted by molar-refractivity contribution is 0.184. The van der Waals surface area contributed by atoms with E-state index in [1.54, 1.807) is 0 Å². The lowest BCUT2D eigenvalue weighted by Gasteiger charge is -2.01. The first-order valence-corrected chi connectivity index (χ1v) is 2.72. The fourth-order valence-electron chi connectivity index (χ4n) is 0.303. The highest BCUT2D eigenvalue weighted by Crippen LogP contribution is 1.93. The summed E-state index contributed by atoms with van der Waals surface area (Å²) in [6, 6.07) is 0. The maximum atomic E-state index is 8.28. The van der Waals surface area contributed by atoms with Crippen molar-refractivity contribution in [1.29, 1.82) is 0 Å². The molecule has 0 heterocycles. The first-order valence-electron chi connectivity index (χ1n) is 2.72. The molecule has 0 amide bonds. The summed E-state index contributed by atoms with van der Waals surface area (Å²) in [5, 5.41) is 8.28. The Morgan fingerprint density at radius 2 is 2.33 bits per heavy atom. The molecular weight excluding hydrogens is 116 g/mol. The van der Waals surface area contributed by atoms with Gasteiger partial charge in [0.15, 0.2) is 0 Å². The highest BCUT2D eigenvalue weighted by molar-refractivity contribution is 4.97. The molecule has 0 rings (SSSR count). The number of rotatable bonds is 5. The summed E-state index contributed by atoms with van der Waals surface area (Å²) in [4.78, 5) is 0. The van der Waals surface area contributed by atoms with Gasteiger partial charge in [0.25, 0.3) is 0 Å². The van der Waals surface area contributed by atoms with Crippen LogP contribution in [0.1, 0.15) is 6.42 Å². The number of aliphatic hydroxyl groups is 1. The molecule has 2 heteroatoms. The van der Waals surface area contributed by atoms with E-state index in [-0.39, 0.29) is 12.4 Å². The first kappa shape index (κ1) is 8.24. The van der Waals surface area contributed by atoms with Crippen molar-refractivity contribution in [1.82, 2.24) is 0 Å². The molecule has 0 aliphatic heterocycles. The molecule has 0 bridgehead atoms. The second-order valence-electron chi connectivity index (χ2n) is 1.49. The minimum Gasteiger partial charge on any atom is -0.494 e. The van der Waals surface area contributed by atoms with Gasteiger partial charge in [0.1, 0.15) is 5.76 Å². The van der Waals surface area contributed by atoms with Gasteiger partial charge in [-0.1, -0.05) is 6.58 Å². The van der Waals surface area contributed by atoms with Crippen LogP contribution >= 0.6 is 0 Å². The summed E-state index contributed by atoms with van der Waals surface area (Å²) in [7, 11) is 0. The van der Waals surface area contributed by atoms with Crippen LogP contribution in [0.25, 0.3) is 0 Å². The molecule has 0 aliphatic carbocycles. The van der Waals surface area contributed by atoms with E-state index in [2.05, 4.69) is 0 Å². The van der Waals surface area contributed by atoms with Crippen molar-refractivity contribution in [2.75, 3.05) is 13.2 Å². The van der Waals surface area contributed by atoms with Gasteiger partial charge in [-0.25, -0.2) is 0 Å². The number of hydrogen-bond acceptors (Lipinski definition) is 2. The van der Waals surface area contributed by atoms with Crippen LogP contribution in [0.2, 0.25) is 0 Å². The smallest absolute Gasteiger partial charge is 0.119 e. The summed E-state index contributed by atoms with van der Waals surface area (Å²) in [5.41, 5.74) is 0. The molecule has 0 aliphatic rings. The quantitative estimate of drug-likeness (QED) is 0.333. The van der Waals surface area contributed by atoms with E-state index in [9.17, 15) is 0 Å². The second kappa shape index (κ2) is 5.38. The Kier molecular flexibility index (Phi) is 4.92. The van der Waals surface area contributed by atoms with Crippen molar-refractivity contribution in [2.45, 2.75) is 6.42 Å². The Morgan fingerprint density at radius 3 is 2.78 bits per heavy atom. The van der Waals surface area contributed by atoms with Crippen molar-refractivity contribution in [3.8, 4) is 0 Å².